The lowest BCUT2D eigenvalue weighted by Crippen LogP contribution is -2.24. The second-order valence-electron chi connectivity index (χ2n) is 10.3. The molecule has 200 valence electrons. The van der Waals surface area contributed by atoms with Crippen LogP contribution < -0.4 is 14.8 Å². The van der Waals surface area contributed by atoms with Gasteiger partial charge in [0.1, 0.15) is 11.5 Å². The maximum Gasteiger partial charge on any atom is 0.242 e. The molecule has 2 aromatic carbocycles. The smallest absolute Gasteiger partial charge is 0.242 e. The molecule has 0 fully saturated rings. The van der Waals surface area contributed by atoms with E-state index < -0.39 is 10.0 Å². The zero-order chi connectivity index (χ0) is 27.1. The summed E-state index contributed by atoms with van der Waals surface area (Å²) < 4.78 is 37.6. The number of rotatable bonds is 12. The van der Waals surface area contributed by atoms with E-state index >= 15 is 0 Å². The van der Waals surface area contributed by atoms with Crippen LogP contribution in [0.1, 0.15) is 76.8 Å². The van der Waals surface area contributed by atoms with Crippen LogP contribution in [0.4, 0.5) is 5.69 Å². The van der Waals surface area contributed by atoms with Gasteiger partial charge in [-0.2, -0.15) is 0 Å². The van der Waals surface area contributed by atoms with E-state index in [2.05, 4.69) is 12.2 Å². The Kier molecular flexibility index (Phi) is 10.4. The average Bonchev–Trinajstić information content (AvgIpc) is 2.82. The number of unbranched alkanes of at least 4 members (excludes halogenated alkanes) is 2. The Morgan fingerprint density at radius 1 is 1.03 bits per heavy atom. The molecule has 0 spiro atoms. The molecule has 2 aromatic rings. The predicted molar refractivity (Wildman–Crippen MR) is 146 cm³/mol. The van der Waals surface area contributed by atoms with Crippen molar-refractivity contribution in [2.24, 2.45) is 0 Å². The summed E-state index contributed by atoms with van der Waals surface area (Å²) in [5, 5.41) is 3.03. The van der Waals surface area contributed by atoms with E-state index in [1.807, 2.05) is 39.0 Å². The fraction of sp³-hybridized carbons (Fsp3) is 0.536. The molecule has 1 N–H and O–H groups in total. The van der Waals surface area contributed by atoms with E-state index in [1.54, 1.807) is 32.4 Å². The minimum atomic E-state index is -3.64. The topological polar surface area (TPSA) is 84.9 Å². The van der Waals surface area contributed by atoms with Gasteiger partial charge in [0.25, 0.3) is 0 Å². The number of benzene rings is 2. The second kappa shape index (κ2) is 12.6. The quantitative estimate of drug-likeness (QED) is 0.351. The van der Waals surface area contributed by atoms with Gasteiger partial charge in [-0.1, -0.05) is 59.1 Å². The fourth-order valence-corrected chi connectivity index (χ4v) is 5.17. The Bertz CT molecular complexity index is 1140. The molecule has 0 aliphatic carbocycles. The summed E-state index contributed by atoms with van der Waals surface area (Å²) in [6.45, 7) is 8.26. The third kappa shape index (κ3) is 7.46. The van der Waals surface area contributed by atoms with Crippen LogP contribution in [0.2, 0.25) is 0 Å². The van der Waals surface area contributed by atoms with Gasteiger partial charge in [0.15, 0.2) is 0 Å². The first kappa shape index (κ1) is 29.6. The van der Waals surface area contributed by atoms with Crippen LogP contribution >= 0.6 is 0 Å². The first-order valence-electron chi connectivity index (χ1n) is 12.4. The van der Waals surface area contributed by atoms with E-state index in [0.29, 0.717) is 17.2 Å². The lowest BCUT2D eigenvalue weighted by atomic mass is 9.85. The molecule has 0 bridgehead atoms. The van der Waals surface area contributed by atoms with Gasteiger partial charge in [0.05, 0.1) is 19.1 Å². The first-order chi connectivity index (χ1) is 16.8. The molecule has 0 aromatic heterocycles. The highest BCUT2D eigenvalue weighted by molar-refractivity contribution is 7.89. The van der Waals surface area contributed by atoms with Crippen LogP contribution in [0, 0.1) is 0 Å². The Balaban J connectivity index is 2.42. The number of amides is 1. The van der Waals surface area contributed by atoms with Crippen molar-refractivity contribution in [2.45, 2.75) is 76.0 Å². The molecule has 0 saturated carbocycles. The minimum Gasteiger partial charge on any atom is -0.497 e. The molecule has 0 aliphatic heterocycles. The van der Waals surface area contributed by atoms with Crippen molar-refractivity contribution >= 4 is 21.6 Å². The van der Waals surface area contributed by atoms with Crippen LogP contribution in [0.25, 0.3) is 0 Å². The van der Waals surface area contributed by atoms with Crippen molar-refractivity contribution in [3.05, 3.63) is 47.5 Å². The molecule has 2 rings (SSSR count). The summed E-state index contributed by atoms with van der Waals surface area (Å²) in [6, 6.07) is 10.6. The minimum absolute atomic E-state index is 0.0517. The van der Waals surface area contributed by atoms with Crippen LogP contribution in [0.15, 0.2) is 41.3 Å². The van der Waals surface area contributed by atoms with Crippen molar-refractivity contribution in [1.29, 1.82) is 0 Å². The van der Waals surface area contributed by atoms with Gasteiger partial charge in [-0.05, 0) is 47.1 Å². The number of carbonyl (C=O) groups is 1. The van der Waals surface area contributed by atoms with E-state index in [0.717, 1.165) is 36.8 Å². The summed E-state index contributed by atoms with van der Waals surface area (Å²) in [4.78, 5) is 13.5. The van der Waals surface area contributed by atoms with Gasteiger partial charge >= 0.3 is 0 Å². The Hall–Kier alpha value is -2.58. The number of carbonyl (C=O) groups excluding carboxylic acids is 1. The molecule has 8 heteroatoms. The lowest BCUT2D eigenvalue weighted by Gasteiger charge is -2.25. The zero-order valence-electron chi connectivity index (χ0n) is 23.0. The SMILES string of the molecule is CCCCCC(CC(=O)Nc1cc(S(=O)(=O)N(C)C)ccc1C(C)(C)C)c1ccc(OC)cc1OC. The van der Waals surface area contributed by atoms with Gasteiger partial charge in [-0.15, -0.1) is 0 Å². The first-order valence-corrected chi connectivity index (χ1v) is 13.9. The van der Waals surface area contributed by atoms with E-state index in [9.17, 15) is 13.2 Å². The largest absolute Gasteiger partial charge is 0.497 e. The highest BCUT2D eigenvalue weighted by Gasteiger charge is 2.26. The summed E-state index contributed by atoms with van der Waals surface area (Å²) in [5.74, 6) is 1.17. The number of methoxy groups -OCH3 is 2. The van der Waals surface area contributed by atoms with Crippen LogP contribution in [-0.2, 0) is 20.2 Å². The van der Waals surface area contributed by atoms with Crippen LogP contribution in [-0.4, -0.2) is 46.9 Å². The van der Waals surface area contributed by atoms with Gasteiger partial charge in [0, 0.05) is 32.3 Å². The third-order valence-electron chi connectivity index (χ3n) is 6.32. The molecule has 1 unspecified atom stereocenters. The molecule has 1 amide bonds. The van der Waals surface area contributed by atoms with Crippen molar-refractivity contribution in [3.8, 4) is 11.5 Å². The van der Waals surface area contributed by atoms with Crippen molar-refractivity contribution < 1.29 is 22.7 Å². The number of sulfonamides is 1. The predicted octanol–water partition coefficient (Wildman–Crippen LogP) is 5.94. The van der Waals surface area contributed by atoms with E-state index in [-0.39, 0.29) is 28.6 Å². The molecular formula is C28H42N2O5S. The number of nitrogens with one attached hydrogen (secondary N) is 1. The van der Waals surface area contributed by atoms with Crippen molar-refractivity contribution in [1.82, 2.24) is 4.31 Å². The number of hydrogen-bond acceptors (Lipinski definition) is 5. The third-order valence-corrected chi connectivity index (χ3v) is 8.13. The zero-order valence-corrected chi connectivity index (χ0v) is 23.8. The normalized spacial score (nSPS) is 12.9. The molecule has 36 heavy (non-hydrogen) atoms. The number of ether oxygens (including phenoxy) is 2. The second-order valence-corrected chi connectivity index (χ2v) is 12.4. The summed E-state index contributed by atoms with van der Waals surface area (Å²) in [7, 11) is 2.58. The Labute approximate surface area is 217 Å². The molecule has 0 heterocycles. The van der Waals surface area contributed by atoms with Gasteiger partial charge in [0.2, 0.25) is 15.9 Å². The van der Waals surface area contributed by atoms with Crippen molar-refractivity contribution in [3.63, 3.8) is 0 Å². The number of nitrogens with zero attached hydrogens (tertiary/aromatic N) is 1. The maximum atomic E-state index is 13.4. The van der Waals surface area contributed by atoms with E-state index in [1.165, 1.54) is 18.4 Å². The van der Waals surface area contributed by atoms with Gasteiger partial charge in [-0.3, -0.25) is 4.79 Å². The highest BCUT2D eigenvalue weighted by Crippen LogP contribution is 2.37. The summed E-state index contributed by atoms with van der Waals surface area (Å²) >= 11 is 0. The molecular weight excluding hydrogens is 476 g/mol. The monoisotopic (exact) mass is 518 g/mol. The molecule has 1 atom stereocenters. The molecule has 0 radical (unpaired) electrons. The molecule has 7 nitrogen and oxygen atoms in total. The summed E-state index contributed by atoms with van der Waals surface area (Å²) in [6.07, 6.45) is 4.25. The lowest BCUT2D eigenvalue weighted by molar-refractivity contribution is -0.116. The Morgan fingerprint density at radius 3 is 2.28 bits per heavy atom. The van der Waals surface area contributed by atoms with Gasteiger partial charge in [-0.25, -0.2) is 12.7 Å². The Morgan fingerprint density at radius 2 is 1.72 bits per heavy atom. The van der Waals surface area contributed by atoms with Gasteiger partial charge < -0.3 is 14.8 Å². The fourth-order valence-electron chi connectivity index (χ4n) is 4.24. The molecule has 0 aliphatic rings. The highest BCUT2D eigenvalue weighted by atomic mass is 32.2. The number of anilines is 1. The van der Waals surface area contributed by atoms with E-state index in [4.69, 9.17) is 9.47 Å². The standard InChI is InChI=1S/C28H42N2O5S/c1-9-10-11-12-20(23-15-13-21(34-7)18-26(23)35-8)17-27(31)29-25-19-22(36(32,33)30(5)6)14-16-24(25)28(2,3)4/h13-16,18-20H,9-12,17H2,1-8H3,(H,29,31). The molecule has 0 saturated heterocycles. The average molecular weight is 519 g/mol. The van der Waals surface area contributed by atoms with Crippen LogP contribution in [0.3, 0.4) is 0 Å². The summed E-state index contributed by atoms with van der Waals surface area (Å²) in [5.41, 5.74) is 2.06. The number of hydrogen-bond donors (Lipinski definition) is 1. The van der Waals surface area contributed by atoms with Crippen molar-refractivity contribution in [2.75, 3.05) is 33.6 Å². The maximum absolute atomic E-state index is 13.4. The van der Waals surface area contributed by atoms with Crippen LogP contribution in [0.5, 0.6) is 11.5 Å².